The van der Waals surface area contributed by atoms with Gasteiger partial charge in [0.05, 0.1) is 4.92 Å². The minimum absolute atomic E-state index is 0.0406. The Bertz CT molecular complexity index is 492. The van der Waals surface area contributed by atoms with Crippen molar-refractivity contribution in [2.24, 2.45) is 11.7 Å². The van der Waals surface area contributed by atoms with Crippen LogP contribution in [0.5, 0.6) is 0 Å². The topological polar surface area (TPSA) is 98.4 Å². The summed E-state index contributed by atoms with van der Waals surface area (Å²) < 4.78 is 0. The van der Waals surface area contributed by atoms with Crippen molar-refractivity contribution in [3.63, 3.8) is 0 Å². The van der Waals surface area contributed by atoms with Crippen LogP contribution in [0, 0.1) is 16.0 Å². The molecule has 1 aliphatic carbocycles. The molecule has 1 fully saturated rings. The van der Waals surface area contributed by atoms with Crippen molar-refractivity contribution >= 4 is 17.1 Å². The fourth-order valence-electron chi connectivity index (χ4n) is 3.09. The average molecular weight is 278 g/mol. The van der Waals surface area contributed by atoms with Crippen LogP contribution >= 0.6 is 0 Å². The largest absolute Gasteiger partial charge is 0.393 e. The molecule has 1 aliphatic rings. The van der Waals surface area contributed by atoms with Crippen molar-refractivity contribution in [2.75, 3.05) is 24.2 Å². The van der Waals surface area contributed by atoms with E-state index in [0.29, 0.717) is 18.5 Å². The van der Waals surface area contributed by atoms with Gasteiger partial charge in [0.1, 0.15) is 5.69 Å². The molecule has 0 spiro atoms. The van der Waals surface area contributed by atoms with Crippen LogP contribution in [-0.4, -0.2) is 24.6 Å². The molecule has 0 radical (unpaired) electrons. The molecule has 110 valence electrons. The summed E-state index contributed by atoms with van der Waals surface area (Å²) in [5, 5.41) is 10.8. The number of nitro benzene ring substituents is 1. The molecule has 0 aliphatic heterocycles. The summed E-state index contributed by atoms with van der Waals surface area (Å²) in [6, 6.07) is 5.30. The molecule has 1 aromatic carbocycles. The van der Waals surface area contributed by atoms with Crippen molar-refractivity contribution in [3.8, 4) is 0 Å². The zero-order valence-electron chi connectivity index (χ0n) is 11.8. The minimum atomic E-state index is -0.456. The van der Waals surface area contributed by atoms with Crippen LogP contribution < -0.4 is 16.4 Å². The highest BCUT2D eigenvalue weighted by Crippen LogP contribution is 2.33. The summed E-state index contributed by atoms with van der Waals surface area (Å²) in [7, 11) is 2.01. The van der Waals surface area contributed by atoms with Crippen LogP contribution in [0.1, 0.15) is 25.7 Å². The van der Waals surface area contributed by atoms with E-state index < -0.39 is 4.92 Å². The normalized spacial score (nSPS) is 22.5. The molecule has 0 amide bonds. The third-order valence-electron chi connectivity index (χ3n) is 4.28. The molecule has 0 aromatic heterocycles. The number of nitrogens with zero attached hydrogens (tertiary/aromatic N) is 2. The van der Waals surface area contributed by atoms with E-state index in [1.165, 1.54) is 18.9 Å². The molecule has 2 unspecified atom stereocenters. The number of hydrogen-bond donors (Lipinski definition) is 2. The molecule has 0 bridgehead atoms. The van der Waals surface area contributed by atoms with E-state index in [4.69, 9.17) is 11.5 Å². The first-order valence-electron chi connectivity index (χ1n) is 7.01. The lowest BCUT2D eigenvalue weighted by atomic mass is 9.83. The molecule has 6 nitrogen and oxygen atoms in total. The molecular formula is C14H22N4O2. The standard InChI is InChI=1S/C14H22N4O2/c1-17(13-5-3-2-4-10(13)9-15)11-6-7-14(18(19)20)12(16)8-11/h6-8,10,13H,2-5,9,15-16H2,1H3. The Balaban J connectivity index is 2.21. The highest BCUT2D eigenvalue weighted by atomic mass is 16.6. The summed E-state index contributed by atoms with van der Waals surface area (Å²) in [4.78, 5) is 12.5. The molecule has 0 saturated heterocycles. The monoisotopic (exact) mass is 278 g/mol. The van der Waals surface area contributed by atoms with Gasteiger partial charge in [-0.2, -0.15) is 0 Å². The van der Waals surface area contributed by atoms with Gasteiger partial charge in [-0.25, -0.2) is 0 Å². The highest BCUT2D eigenvalue weighted by Gasteiger charge is 2.28. The van der Waals surface area contributed by atoms with E-state index >= 15 is 0 Å². The Hall–Kier alpha value is -1.82. The number of nitro groups is 1. The minimum Gasteiger partial charge on any atom is -0.393 e. The second kappa shape index (κ2) is 6.09. The zero-order chi connectivity index (χ0) is 14.7. The lowest BCUT2D eigenvalue weighted by Crippen LogP contribution is -2.43. The summed E-state index contributed by atoms with van der Waals surface area (Å²) in [6.07, 6.45) is 4.69. The van der Waals surface area contributed by atoms with E-state index in [-0.39, 0.29) is 11.4 Å². The summed E-state index contributed by atoms with van der Waals surface area (Å²) >= 11 is 0. The maximum absolute atomic E-state index is 10.8. The smallest absolute Gasteiger partial charge is 0.292 e. The van der Waals surface area contributed by atoms with Crippen molar-refractivity contribution in [2.45, 2.75) is 31.7 Å². The number of anilines is 2. The molecular weight excluding hydrogens is 256 g/mol. The van der Waals surface area contributed by atoms with Gasteiger partial charge in [-0.1, -0.05) is 12.8 Å². The van der Waals surface area contributed by atoms with Gasteiger partial charge in [-0.15, -0.1) is 0 Å². The van der Waals surface area contributed by atoms with Gasteiger partial charge in [-0.3, -0.25) is 10.1 Å². The second-order valence-electron chi connectivity index (χ2n) is 5.46. The fourth-order valence-corrected chi connectivity index (χ4v) is 3.09. The quantitative estimate of drug-likeness (QED) is 0.499. The zero-order valence-corrected chi connectivity index (χ0v) is 11.8. The van der Waals surface area contributed by atoms with E-state index in [2.05, 4.69) is 4.90 Å². The Morgan fingerprint density at radius 2 is 2.10 bits per heavy atom. The molecule has 1 saturated carbocycles. The van der Waals surface area contributed by atoms with Crippen LogP contribution in [0.25, 0.3) is 0 Å². The maximum Gasteiger partial charge on any atom is 0.292 e. The van der Waals surface area contributed by atoms with Gasteiger partial charge in [-0.05, 0) is 37.4 Å². The molecule has 6 heteroatoms. The van der Waals surface area contributed by atoms with Crippen LogP contribution in [0.3, 0.4) is 0 Å². The third-order valence-corrected chi connectivity index (χ3v) is 4.28. The Morgan fingerprint density at radius 1 is 1.40 bits per heavy atom. The molecule has 4 N–H and O–H groups in total. The highest BCUT2D eigenvalue weighted by molar-refractivity contribution is 5.66. The van der Waals surface area contributed by atoms with Crippen molar-refractivity contribution in [3.05, 3.63) is 28.3 Å². The number of nitrogen functional groups attached to an aromatic ring is 1. The maximum atomic E-state index is 10.8. The number of hydrogen-bond acceptors (Lipinski definition) is 5. The number of rotatable bonds is 4. The SMILES string of the molecule is CN(c1ccc([N+](=O)[O-])c(N)c1)C1CCCCC1CN. The predicted molar refractivity (Wildman–Crippen MR) is 80.7 cm³/mol. The van der Waals surface area contributed by atoms with Crippen LogP contribution in [0.4, 0.5) is 17.1 Å². The number of benzene rings is 1. The van der Waals surface area contributed by atoms with Gasteiger partial charge >= 0.3 is 0 Å². The van der Waals surface area contributed by atoms with Gasteiger partial charge in [0.25, 0.3) is 5.69 Å². The predicted octanol–water partition coefficient (Wildman–Crippen LogP) is 2.13. The first-order valence-corrected chi connectivity index (χ1v) is 7.01. The molecule has 0 heterocycles. The molecule has 20 heavy (non-hydrogen) atoms. The summed E-state index contributed by atoms with van der Waals surface area (Å²) in [6.45, 7) is 0.678. The van der Waals surface area contributed by atoms with Crippen LogP contribution in [0.2, 0.25) is 0 Å². The van der Waals surface area contributed by atoms with Crippen LogP contribution in [0.15, 0.2) is 18.2 Å². The van der Waals surface area contributed by atoms with Gasteiger partial charge in [0, 0.05) is 24.8 Å². The fraction of sp³-hybridized carbons (Fsp3) is 0.571. The average Bonchev–Trinajstić information content (AvgIpc) is 2.45. The van der Waals surface area contributed by atoms with Crippen molar-refractivity contribution in [1.82, 2.24) is 0 Å². The van der Waals surface area contributed by atoms with E-state index in [1.807, 2.05) is 7.05 Å². The number of nitrogens with two attached hydrogens (primary N) is 2. The molecule has 2 atom stereocenters. The van der Waals surface area contributed by atoms with E-state index in [1.54, 1.807) is 12.1 Å². The Morgan fingerprint density at radius 3 is 2.70 bits per heavy atom. The first-order chi connectivity index (χ1) is 9.54. The first kappa shape index (κ1) is 14.6. The van der Waals surface area contributed by atoms with Gasteiger partial charge in [0.15, 0.2) is 0 Å². The summed E-state index contributed by atoms with van der Waals surface area (Å²) in [5.74, 6) is 0.477. The van der Waals surface area contributed by atoms with Gasteiger partial charge in [0.2, 0.25) is 0 Å². The van der Waals surface area contributed by atoms with Gasteiger partial charge < -0.3 is 16.4 Å². The third kappa shape index (κ3) is 2.85. The van der Waals surface area contributed by atoms with E-state index in [9.17, 15) is 10.1 Å². The van der Waals surface area contributed by atoms with Crippen LogP contribution in [-0.2, 0) is 0 Å². The second-order valence-corrected chi connectivity index (χ2v) is 5.46. The molecule has 1 aromatic rings. The molecule has 2 rings (SSSR count). The summed E-state index contributed by atoms with van der Waals surface area (Å²) in [5.41, 5.74) is 12.7. The lowest BCUT2D eigenvalue weighted by molar-refractivity contribution is -0.383. The van der Waals surface area contributed by atoms with Crippen molar-refractivity contribution < 1.29 is 4.92 Å². The van der Waals surface area contributed by atoms with Crippen molar-refractivity contribution in [1.29, 1.82) is 0 Å². The Kier molecular flexibility index (Phi) is 4.44. The Labute approximate surface area is 118 Å². The lowest BCUT2D eigenvalue weighted by Gasteiger charge is -2.39. The van der Waals surface area contributed by atoms with E-state index in [0.717, 1.165) is 18.5 Å².